The molecule has 16 heavy (non-hydrogen) atoms. The number of hydrogen-bond donors (Lipinski definition) is 1. The predicted octanol–water partition coefficient (Wildman–Crippen LogP) is 2.51. The maximum absolute atomic E-state index is 11.1. The van der Waals surface area contributed by atoms with Crippen molar-refractivity contribution in [3.8, 4) is 5.75 Å². The lowest BCUT2D eigenvalue weighted by Gasteiger charge is -2.20. The zero-order chi connectivity index (χ0) is 12.2. The summed E-state index contributed by atoms with van der Waals surface area (Å²) in [6, 6.07) is 7.37. The Morgan fingerprint density at radius 1 is 1.50 bits per heavy atom. The first-order valence-corrected chi connectivity index (χ1v) is 5.02. The number of carboxylic acid groups (broad SMARTS) is 1. The first kappa shape index (κ1) is 12.3. The normalized spacial score (nSPS) is 13.9. The standard InChI is InChI=1S/C13H16O3/c1-4-13(2,12(14)15)9-10-5-7-11(16-3)8-6-10/h4-8H,1,9H2,2-3H3,(H,14,15). The monoisotopic (exact) mass is 220 g/mol. The van der Waals surface area contributed by atoms with E-state index in [0.717, 1.165) is 11.3 Å². The molecule has 3 heteroatoms. The van der Waals surface area contributed by atoms with Crippen molar-refractivity contribution in [2.45, 2.75) is 13.3 Å². The second-order valence-electron chi connectivity index (χ2n) is 3.95. The van der Waals surface area contributed by atoms with Crippen molar-refractivity contribution in [3.63, 3.8) is 0 Å². The summed E-state index contributed by atoms with van der Waals surface area (Å²) in [6.45, 7) is 5.24. The van der Waals surface area contributed by atoms with Crippen LogP contribution in [0, 0.1) is 5.41 Å². The molecule has 0 bridgehead atoms. The van der Waals surface area contributed by atoms with Crippen LogP contribution in [0.4, 0.5) is 0 Å². The van der Waals surface area contributed by atoms with Crippen molar-refractivity contribution in [1.82, 2.24) is 0 Å². The topological polar surface area (TPSA) is 46.5 Å². The van der Waals surface area contributed by atoms with E-state index in [9.17, 15) is 4.79 Å². The van der Waals surface area contributed by atoms with Gasteiger partial charge in [-0.05, 0) is 31.0 Å². The lowest BCUT2D eigenvalue weighted by molar-refractivity contribution is -0.145. The molecular formula is C13H16O3. The van der Waals surface area contributed by atoms with Crippen LogP contribution in [0.3, 0.4) is 0 Å². The van der Waals surface area contributed by atoms with Crippen molar-refractivity contribution >= 4 is 5.97 Å². The van der Waals surface area contributed by atoms with E-state index in [1.54, 1.807) is 14.0 Å². The van der Waals surface area contributed by atoms with Crippen LogP contribution >= 0.6 is 0 Å². The van der Waals surface area contributed by atoms with Gasteiger partial charge in [-0.2, -0.15) is 0 Å². The Hall–Kier alpha value is -1.77. The van der Waals surface area contributed by atoms with E-state index in [0.29, 0.717) is 6.42 Å². The van der Waals surface area contributed by atoms with Gasteiger partial charge in [0.2, 0.25) is 0 Å². The highest BCUT2D eigenvalue weighted by atomic mass is 16.5. The van der Waals surface area contributed by atoms with E-state index in [1.807, 2.05) is 24.3 Å². The Morgan fingerprint density at radius 3 is 2.44 bits per heavy atom. The molecule has 3 nitrogen and oxygen atoms in total. The Morgan fingerprint density at radius 2 is 2.06 bits per heavy atom. The molecule has 1 atom stereocenters. The fourth-order valence-electron chi connectivity index (χ4n) is 1.40. The molecule has 1 aromatic rings. The van der Waals surface area contributed by atoms with Gasteiger partial charge >= 0.3 is 5.97 Å². The molecule has 1 N–H and O–H groups in total. The first-order valence-electron chi connectivity index (χ1n) is 5.02. The third-order valence-electron chi connectivity index (χ3n) is 2.67. The van der Waals surface area contributed by atoms with Crippen LogP contribution in [-0.2, 0) is 11.2 Å². The molecule has 0 radical (unpaired) electrons. The number of benzene rings is 1. The highest BCUT2D eigenvalue weighted by molar-refractivity contribution is 5.76. The van der Waals surface area contributed by atoms with Crippen molar-refractivity contribution in [2.75, 3.05) is 7.11 Å². The van der Waals surface area contributed by atoms with Crippen molar-refractivity contribution in [2.24, 2.45) is 5.41 Å². The first-order chi connectivity index (χ1) is 7.51. The molecule has 1 unspecified atom stereocenters. The number of ether oxygens (including phenoxy) is 1. The van der Waals surface area contributed by atoms with Crippen LogP contribution in [0.2, 0.25) is 0 Å². The average molecular weight is 220 g/mol. The van der Waals surface area contributed by atoms with Crippen LogP contribution in [0.25, 0.3) is 0 Å². The largest absolute Gasteiger partial charge is 0.497 e. The molecular weight excluding hydrogens is 204 g/mol. The van der Waals surface area contributed by atoms with Gasteiger partial charge < -0.3 is 9.84 Å². The Bertz CT molecular complexity index is 381. The summed E-state index contributed by atoms with van der Waals surface area (Å²) in [7, 11) is 1.60. The van der Waals surface area contributed by atoms with Gasteiger partial charge in [-0.3, -0.25) is 4.79 Å². The quantitative estimate of drug-likeness (QED) is 0.775. The average Bonchev–Trinajstić information content (AvgIpc) is 2.29. The van der Waals surface area contributed by atoms with E-state index in [4.69, 9.17) is 9.84 Å². The molecule has 0 saturated heterocycles. The molecule has 0 saturated carbocycles. The molecule has 0 aliphatic heterocycles. The van der Waals surface area contributed by atoms with Crippen molar-refractivity contribution in [3.05, 3.63) is 42.5 Å². The van der Waals surface area contributed by atoms with Crippen LogP contribution in [0.1, 0.15) is 12.5 Å². The van der Waals surface area contributed by atoms with E-state index in [2.05, 4.69) is 6.58 Å². The fraction of sp³-hybridized carbons (Fsp3) is 0.308. The third kappa shape index (κ3) is 2.63. The van der Waals surface area contributed by atoms with E-state index in [-0.39, 0.29) is 0 Å². The summed E-state index contributed by atoms with van der Waals surface area (Å²) >= 11 is 0. The van der Waals surface area contributed by atoms with Crippen LogP contribution in [-0.4, -0.2) is 18.2 Å². The Kier molecular flexibility index (Phi) is 3.72. The summed E-state index contributed by atoms with van der Waals surface area (Å²) in [5, 5.41) is 9.10. The van der Waals surface area contributed by atoms with Crippen molar-refractivity contribution in [1.29, 1.82) is 0 Å². The zero-order valence-corrected chi connectivity index (χ0v) is 9.56. The van der Waals surface area contributed by atoms with Crippen LogP contribution in [0.15, 0.2) is 36.9 Å². The molecule has 0 amide bonds. The SMILES string of the molecule is C=CC(C)(Cc1ccc(OC)cc1)C(=O)O. The number of aliphatic carboxylic acids is 1. The molecule has 1 rings (SSSR count). The molecule has 86 valence electrons. The molecule has 0 spiro atoms. The van der Waals surface area contributed by atoms with Gasteiger partial charge in [0.05, 0.1) is 12.5 Å². The van der Waals surface area contributed by atoms with Gasteiger partial charge in [-0.15, -0.1) is 6.58 Å². The summed E-state index contributed by atoms with van der Waals surface area (Å²) in [5.74, 6) is -0.0994. The van der Waals surface area contributed by atoms with Crippen molar-refractivity contribution < 1.29 is 14.6 Å². The summed E-state index contributed by atoms with van der Waals surface area (Å²) in [6.07, 6.45) is 1.90. The molecule has 0 fully saturated rings. The second-order valence-corrected chi connectivity index (χ2v) is 3.95. The Balaban J connectivity index is 2.86. The molecule has 0 aliphatic rings. The highest BCUT2D eigenvalue weighted by Crippen LogP contribution is 2.25. The summed E-state index contributed by atoms with van der Waals surface area (Å²) in [4.78, 5) is 11.1. The lowest BCUT2D eigenvalue weighted by atomic mass is 9.84. The molecule has 0 heterocycles. The smallest absolute Gasteiger partial charge is 0.313 e. The summed E-state index contributed by atoms with van der Waals surface area (Å²) < 4.78 is 5.04. The maximum Gasteiger partial charge on any atom is 0.313 e. The van der Waals surface area contributed by atoms with Gasteiger partial charge in [-0.25, -0.2) is 0 Å². The Labute approximate surface area is 95.4 Å². The zero-order valence-electron chi connectivity index (χ0n) is 9.56. The minimum Gasteiger partial charge on any atom is -0.497 e. The fourth-order valence-corrected chi connectivity index (χ4v) is 1.40. The van der Waals surface area contributed by atoms with Gasteiger partial charge in [0.1, 0.15) is 5.75 Å². The van der Waals surface area contributed by atoms with E-state index < -0.39 is 11.4 Å². The molecule has 0 aromatic heterocycles. The predicted molar refractivity (Wildman–Crippen MR) is 62.6 cm³/mol. The van der Waals surface area contributed by atoms with Crippen LogP contribution in [0.5, 0.6) is 5.75 Å². The minimum absolute atomic E-state index is 0.426. The highest BCUT2D eigenvalue weighted by Gasteiger charge is 2.29. The number of methoxy groups -OCH3 is 1. The lowest BCUT2D eigenvalue weighted by Crippen LogP contribution is -2.27. The minimum atomic E-state index is -0.922. The number of carboxylic acids is 1. The number of carbonyl (C=O) groups is 1. The second kappa shape index (κ2) is 4.84. The van der Waals surface area contributed by atoms with Gasteiger partial charge in [0.25, 0.3) is 0 Å². The van der Waals surface area contributed by atoms with E-state index >= 15 is 0 Å². The van der Waals surface area contributed by atoms with E-state index in [1.165, 1.54) is 6.08 Å². The summed E-state index contributed by atoms with van der Waals surface area (Å²) in [5.41, 5.74) is 0.0276. The molecule has 0 aliphatic carbocycles. The molecule has 1 aromatic carbocycles. The maximum atomic E-state index is 11.1. The number of rotatable bonds is 5. The van der Waals surface area contributed by atoms with Gasteiger partial charge in [0.15, 0.2) is 0 Å². The van der Waals surface area contributed by atoms with Gasteiger partial charge in [0, 0.05) is 0 Å². The third-order valence-corrected chi connectivity index (χ3v) is 2.67. The number of hydrogen-bond acceptors (Lipinski definition) is 2. The van der Waals surface area contributed by atoms with Crippen LogP contribution < -0.4 is 4.74 Å². The van der Waals surface area contributed by atoms with Gasteiger partial charge in [-0.1, -0.05) is 18.2 Å².